The number of hydrogen-bond donors (Lipinski definition) is 2. The Balaban J connectivity index is 0.00000110. The number of halogens is 2. The molecule has 0 spiro atoms. The molecule has 1 aromatic heterocycles. The molecule has 5 nitrogen and oxygen atoms in total. The number of carbonyl (C=O) groups is 1. The number of para-hydroxylation sites is 1. The van der Waals surface area contributed by atoms with Gasteiger partial charge in [-0.25, -0.2) is 4.98 Å². The van der Waals surface area contributed by atoms with Gasteiger partial charge in [0.25, 0.3) is 5.91 Å². The lowest BCUT2D eigenvalue weighted by Gasteiger charge is -2.28. The van der Waals surface area contributed by atoms with Crippen molar-refractivity contribution in [2.24, 2.45) is 5.73 Å². The maximum atomic E-state index is 11.4. The number of aromatic nitrogens is 2. The molecule has 3 rings (SSSR count). The van der Waals surface area contributed by atoms with E-state index in [0.717, 1.165) is 30.9 Å². The summed E-state index contributed by atoms with van der Waals surface area (Å²) in [6.07, 6.45) is 2.32. The van der Waals surface area contributed by atoms with Gasteiger partial charge >= 0.3 is 0 Å². The average Bonchev–Trinajstić information content (AvgIpc) is 2.82. The monoisotopic (exact) mass is 330 g/mol. The standard InChI is InChI=1S/C14H18N4O.2ClH/c1-18-7-3-4-9(8-18)14-16-11-6-2-5-10(13(15)19)12(11)17-14;;/h2,5-6,9H,3-4,7-8H2,1H3,(H2,15,19)(H,16,17);2*1H. The average molecular weight is 331 g/mol. The van der Waals surface area contributed by atoms with Gasteiger partial charge in [-0.2, -0.15) is 0 Å². The third-order valence-corrected chi connectivity index (χ3v) is 3.81. The van der Waals surface area contributed by atoms with Crippen molar-refractivity contribution in [2.45, 2.75) is 18.8 Å². The van der Waals surface area contributed by atoms with Crippen molar-refractivity contribution >= 4 is 41.8 Å². The Labute approximate surface area is 136 Å². The number of carbonyl (C=O) groups excluding carboxylic acids is 1. The summed E-state index contributed by atoms with van der Waals surface area (Å²) in [6.45, 7) is 2.15. The number of likely N-dealkylation sites (N-methyl/N-ethyl adjacent to an activating group) is 1. The number of nitrogens with two attached hydrogens (primary N) is 1. The fourth-order valence-corrected chi connectivity index (χ4v) is 2.83. The largest absolute Gasteiger partial charge is 0.366 e. The zero-order valence-corrected chi connectivity index (χ0v) is 13.5. The van der Waals surface area contributed by atoms with Crippen molar-refractivity contribution < 1.29 is 4.79 Å². The summed E-state index contributed by atoms with van der Waals surface area (Å²) in [7, 11) is 2.13. The number of rotatable bonds is 2. The highest BCUT2D eigenvalue weighted by Crippen LogP contribution is 2.26. The number of hydrogen-bond acceptors (Lipinski definition) is 3. The minimum Gasteiger partial charge on any atom is -0.366 e. The van der Waals surface area contributed by atoms with Gasteiger partial charge in [0.05, 0.1) is 11.1 Å². The second-order valence-corrected chi connectivity index (χ2v) is 5.29. The Morgan fingerprint density at radius 1 is 1.43 bits per heavy atom. The van der Waals surface area contributed by atoms with Gasteiger partial charge in [0.15, 0.2) is 0 Å². The molecular formula is C14H20Cl2N4O. The minimum atomic E-state index is -0.426. The quantitative estimate of drug-likeness (QED) is 0.887. The van der Waals surface area contributed by atoms with Gasteiger partial charge in [-0.3, -0.25) is 4.79 Å². The molecular weight excluding hydrogens is 311 g/mol. The van der Waals surface area contributed by atoms with Crippen molar-refractivity contribution in [3.05, 3.63) is 29.6 Å². The molecule has 0 aliphatic carbocycles. The molecule has 7 heteroatoms. The molecule has 2 heterocycles. The van der Waals surface area contributed by atoms with Gasteiger partial charge in [-0.15, -0.1) is 24.8 Å². The van der Waals surface area contributed by atoms with E-state index in [2.05, 4.69) is 21.9 Å². The molecule has 0 saturated carbocycles. The first kappa shape index (κ1) is 17.8. The number of H-pyrrole nitrogens is 1. The number of fused-ring (bicyclic) bond motifs is 1. The first-order valence-corrected chi connectivity index (χ1v) is 6.62. The van der Waals surface area contributed by atoms with Crippen LogP contribution in [-0.4, -0.2) is 40.9 Å². The topological polar surface area (TPSA) is 75.0 Å². The third kappa shape index (κ3) is 3.48. The van der Waals surface area contributed by atoms with Crippen LogP contribution in [0.15, 0.2) is 18.2 Å². The summed E-state index contributed by atoms with van der Waals surface area (Å²) in [5.74, 6) is 0.950. The summed E-state index contributed by atoms with van der Waals surface area (Å²) >= 11 is 0. The first-order valence-electron chi connectivity index (χ1n) is 6.62. The number of imidazole rings is 1. The van der Waals surface area contributed by atoms with Crippen LogP contribution in [0.25, 0.3) is 11.0 Å². The predicted octanol–water partition coefficient (Wildman–Crippen LogP) is 2.31. The molecule has 1 unspecified atom stereocenters. The van der Waals surface area contributed by atoms with Crippen LogP contribution in [-0.2, 0) is 0 Å². The smallest absolute Gasteiger partial charge is 0.250 e. The molecule has 1 aromatic carbocycles. The summed E-state index contributed by atoms with van der Waals surface area (Å²) in [4.78, 5) is 21.7. The molecule has 3 N–H and O–H groups in total. The van der Waals surface area contributed by atoms with Gasteiger partial charge in [0.1, 0.15) is 11.3 Å². The van der Waals surface area contributed by atoms with Crippen LogP contribution in [0.1, 0.15) is 34.9 Å². The molecule has 1 aliphatic heterocycles. The SMILES string of the molecule is CN1CCCC(c2nc3c(C(N)=O)cccc3[nH]2)C1.Cl.Cl. The zero-order chi connectivity index (χ0) is 13.4. The fraction of sp³-hybridized carbons (Fsp3) is 0.429. The van der Waals surface area contributed by atoms with E-state index in [1.54, 1.807) is 6.07 Å². The van der Waals surface area contributed by atoms with E-state index in [1.807, 2.05) is 12.1 Å². The molecule has 0 radical (unpaired) electrons. The number of nitrogens with one attached hydrogen (secondary N) is 1. The Morgan fingerprint density at radius 2 is 2.19 bits per heavy atom. The van der Waals surface area contributed by atoms with Crippen LogP contribution in [0.4, 0.5) is 0 Å². The number of piperidine rings is 1. The van der Waals surface area contributed by atoms with Crippen molar-refractivity contribution in [2.75, 3.05) is 20.1 Å². The van der Waals surface area contributed by atoms with Gasteiger partial charge in [-0.1, -0.05) is 6.07 Å². The van der Waals surface area contributed by atoms with Crippen LogP contribution < -0.4 is 5.73 Å². The number of primary amides is 1. The van der Waals surface area contributed by atoms with Crippen LogP contribution in [0, 0.1) is 0 Å². The molecule has 1 aliphatic rings. The zero-order valence-electron chi connectivity index (χ0n) is 11.8. The minimum absolute atomic E-state index is 0. The van der Waals surface area contributed by atoms with E-state index < -0.39 is 5.91 Å². The fourth-order valence-electron chi connectivity index (χ4n) is 2.83. The van der Waals surface area contributed by atoms with E-state index in [9.17, 15) is 4.79 Å². The summed E-state index contributed by atoms with van der Waals surface area (Å²) < 4.78 is 0. The predicted molar refractivity (Wildman–Crippen MR) is 88.6 cm³/mol. The Hall–Kier alpha value is -1.30. The molecule has 0 bridgehead atoms. The lowest BCUT2D eigenvalue weighted by molar-refractivity contribution is 0.100. The van der Waals surface area contributed by atoms with Crippen LogP contribution in [0.3, 0.4) is 0 Å². The second-order valence-electron chi connectivity index (χ2n) is 5.29. The Morgan fingerprint density at radius 3 is 2.86 bits per heavy atom. The lowest BCUT2D eigenvalue weighted by Crippen LogP contribution is -2.31. The van der Waals surface area contributed by atoms with Gasteiger partial charge < -0.3 is 15.6 Å². The Kier molecular flexibility index (Phi) is 6.01. The maximum absolute atomic E-state index is 11.4. The Bertz CT molecular complexity index is 628. The number of aromatic amines is 1. The van der Waals surface area contributed by atoms with Crippen LogP contribution in [0.2, 0.25) is 0 Å². The highest BCUT2D eigenvalue weighted by atomic mass is 35.5. The van der Waals surface area contributed by atoms with E-state index in [1.165, 1.54) is 6.42 Å². The van der Waals surface area contributed by atoms with Crippen molar-refractivity contribution in [1.29, 1.82) is 0 Å². The number of nitrogens with zero attached hydrogens (tertiary/aromatic N) is 2. The van der Waals surface area contributed by atoms with Gasteiger partial charge in [0.2, 0.25) is 0 Å². The molecule has 1 fully saturated rings. The van der Waals surface area contributed by atoms with Crippen molar-refractivity contribution in [1.82, 2.24) is 14.9 Å². The second kappa shape index (κ2) is 7.11. The summed E-state index contributed by atoms with van der Waals surface area (Å²) in [6, 6.07) is 5.49. The van der Waals surface area contributed by atoms with E-state index in [4.69, 9.17) is 5.73 Å². The van der Waals surface area contributed by atoms with Crippen molar-refractivity contribution in [3.63, 3.8) is 0 Å². The molecule has 1 amide bonds. The number of likely N-dealkylation sites (tertiary alicyclic amines) is 1. The number of amides is 1. The maximum Gasteiger partial charge on any atom is 0.250 e. The molecule has 1 saturated heterocycles. The van der Waals surface area contributed by atoms with E-state index >= 15 is 0 Å². The summed E-state index contributed by atoms with van der Waals surface area (Å²) in [5.41, 5.74) is 7.46. The van der Waals surface area contributed by atoms with Crippen LogP contribution in [0.5, 0.6) is 0 Å². The molecule has 21 heavy (non-hydrogen) atoms. The van der Waals surface area contributed by atoms with E-state index in [0.29, 0.717) is 17.0 Å². The van der Waals surface area contributed by atoms with Crippen LogP contribution >= 0.6 is 24.8 Å². The normalized spacial score (nSPS) is 18.8. The highest BCUT2D eigenvalue weighted by molar-refractivity contribution is 6.04. The van der Waals surface area contributed by atoms with Gasteiger partial charge in [0, 0.05) is 12.5 Å². The molecule has 1 atom stereocenters. The lowest BCUT2D eigenvalue weighted by atomic mass is 9.98. The van der Waals surface area contributed by atoms with Gasteiger partial charge in [-0.05, 0) is 38.6 Å². The van der Waals surface area contributed by atoms with Crippen molar-refractivity contribution in [3.8, 4) is 0 Å². The molecule has 116 valence electrons. The number of benzene rings is 1. The summed E-state index contributed by atoms with van der Waals surface area (Å²) in [5, 5.41) is 0. The highest BCUT2D eigenvalue weighted by Gasteiger charge is 2.22. The van der Waals surface area contributed by atoms with E-state index in [-0.39, 0.29) is 24.8 Å². The third-order valence-electron chi connectivity index (χ3n) is 3.81. The first-order chi connectivity index (χ1) is 9.15. The molecule has 2 aromatic rings.